The molecule has 0 spiro atoms. The molecule has 0 aliphatic rings. The maximum absolute atomic E-state index is 6.27. The van der Waals surface area contributed by atoms with Crippen molar-refractivity contribution in [3.63, 3.8) is 0 Å². The molecule has 0 aliphatic carbocycles. The second kappa shape index (κ2) is 17.3. The molecule has 0 heterocycles. The van der Waals surface area contributed by atoms with Gasteiger partial charge in [-0.15, -0.1) is 0 Å². The fraction of sp³-hybridized carbons (Fsp3) is 0.769. The molecule has 0 atom stereocenters. The van der Waals surface area contributed by atoms with Crippen LogP contribution in [0.2, 0.25) is 13.1 Å². The SMILES string of the molecule is CCCCCCCCCCCCCCCCCCO[Si](C)(C)c1ccccc1. The monoisotopic (exact) mass is 404 g/mol. The largest absolute Gasteiger partial charge is 0.413 e. The predicted molar refractivity (Wildman–Crippen MR) is 129 cm³/mol. The second-order valence-corrected chi connectivity index (χ2v) is 12.9. The minimum atomic E-state index is -1.69. The Morgan fingerprint density at radius 3 is 1.39 bits per heavy atom. The fourth-order valence-corrected chi connectivity index (χ4v) is 5.72. The summed E-state index contributed by atoms with van der Waals surface area (Å²) in [6.07, 6.45) is 22.7. The molecular formula is C26H48OSi. The van der Waals surface area contributed by atoms with Crippen LogP contribution in [0, 0.1) is 0 Å². The number of hydrogen-bond donors (Lipinski definition) is 0. The highest BCUT2D eigenvalue weighted by atomic mass is 28.4. The molecule has 0 N–H and O–H groups in total. The minimum Gasteiger partial charge on any atom is -0.413 e. The summed E-state index contributed by atoms with van der Waals surface area (Å²) in [5, 5.41) is 1.41. The molecule has 1 aromatic carbocycles. The molecular weight excluding hydrogens is 356 g/mol. The van der Waals surface area contributed by atoms with Gasteiger partial charge in [-0.1, -0.05) is 134 Å². The summed E-state index contributed by atoms with van der Waals surface area (Å²) < 4.78 is 6.27. The number of unbranched alkanes of at least 4 members (excludes halogenated alkanes) is 15. The van der Waals surface area contributed by atoms with E-state index in [0.717, 1.165) is 6.61 Å². The maximum atomic E-state index is 6.27. The summed E-state index contributed by atoms with van der Waals surface area (Å²) in [7, 11) is -1.69. The highest BCUT2D eigenvalue weighted by molar-refractivity contribution is 6.84. The first-order chi connectivity index (χ1) is 13.7. The molecule has 0 amide bonds. The molecule has 2 heteroatoms. The van der Waals surface area contributed by atoms with Crippen LogP contribution in [-0.2, 0) is 4.43 Å². The summed E-state index contributed by atoms with van der Waals surface area (Å²) in [5.41, 5.74) is 0. The van der Waals surface area contributed by atoms with Gasteiger partial charge in [-0.2, -0.15) is 0 Å². The van der Waals surface area contributed by atoms with Crippen molar-refractivity contribution in [3.8, 4) is 0 Å². The van der Waals surface area contributed by atoms with Crippen molar-refractivity contribution in [1.82, 2.24) is 0 Å². The van der Waals surface area contributed by atoms with Crippen LogP contribution in [0.4, 0.5) is 0 Å². The molecule has 162 valence electrons. The van der Waals surface area contributed by atoms with E-state index in [-0.39, 0.29) is 0 Å². The molecule has 0 saturated heterocycles. The van der Waals surface area contributed by atoms with Gasteiger partial charge in [-0.3, -0.25) is 0 Å². The van der Waals surface area contributed by atoms with Crippen molar-refractivity contribution in [2.45, 2.75) is 123 Å². The van der Waals surface area contributed by atoms with Gasteiger partial charge in [0.2, 0.25) is 8.32 Å². The van der Waals surface area contributed by atoms with Gasteiger partial charge >= 0.3 is 0 Å². The Kier molecular flexibility index (Phi) is 15.7. The number of hydrogen-bond acceptors (Lipinski definition) is 1. The van der Waals surface area contributed by atoms with Gasteiger partial charge in [0.1, 0.15) is 0 Å². The predicted octanol–water partition coefficient (Wildman–Crippen LogP) is 8.38. The number of benzene rings is 1. The lowest BCUT2D eigenvalue weighted by Gasteiger charge is -2.23. The molecule has 0 fully saturated rings. The van der Waals surface area contributed by atoms with Crippen molar-refractivity contribution in [1.29, 1.82) is 0 Å². The van der Waals surface area contributed by atoms with Crippen LogP contribution >= 0.6 is 0 Å². The van der Waals surface area contributed by atoms with Gasteiger partial charge in [0.25, 0.3) is 0 Å². The van der Waals surface area contributed by atoms with E-state index in [2.05, 4.69) is 50.3 Å². The second-order valence-electron chi connectivity index (χ2n) is 9.03. The third kappa shape index (κ3) is 13.6. The first-order valence-electron chi connectivity index (χ1n) is 12.4. The third-order valence-electron chi connectivity index (χ3n) is 5.93. The lowest BCUT2D eigenvalue weighted by molar-refractivity contribution is 0.302. The van der Waals surface area contributed by atoms with E-state index in [1.807, 2.05) is 0 Å². The highest BCUT2D eigenvalue weighted by Crippen LogP contribution is 2.14. The standard InChI is InChI=1S/C26H48OSi/c1-4-5-6-7-8-9-10-11-12-13-14-15-16-17-18-22-25-27-28(2,3)26-23-20-19-21-24-26/h19-21,23-24H,4-18,22,25H2,1-3H3. The van der Waals surface area contributed by atoms with Gasteiger partial charge in [0, 0.05) is 6.61 Å². The molecule has 0 aliphatic heterocycles. The quantitative estimate of drug-likeness (QED) is 0.166. The summed E-state index contributed by atoms with van der Waals surface area (Å²) in [4.78, 5) is 0. The molecule has 0 saturated carbocycles. The molecule has 1 aromatic rings. The summed E-state index contributed by atoms with van der Waals surface area (Å²) >= 11 is 0. The number of rotatable bonds is 19. The third-order valence-corrected chi connectivity index (χ3v) is 8.58. The smallest absolute Gasteiger partial charge is 0.218 e. The molecule has 28 heavy (non-hydrogen) atoms. The van der Waals surface area contributed by atoms with Crippen molar-refractivity contribution in [2.24, 2.45) is 0 Å². The highest BCUT2D eigenvalue weighted by Gasteiger charge is 2.24. The summed E-state index contributed by atoms with van der Waals surface area (Å²) in [5.74, 6) is 0. The van der Waals surface area contributed by atoms with E-state index in [9.17, 15) is 0 Å². The van der Waals surface area contributed by atoms with Crippen LogP contribution < -0.4 is 5.19 Å². The molecule has 0 radical (unpaired) electrons. The average molecular weight is 405 g/mol. The van der Waals surface area contributed by atoms with Crippen LogP contribution in [0.15, 0.2) is 30.3 Å². The average Bonchev–Trinajstić information content (AvgIpc) is 2.71. The maximum Gasteiger partial charge on any atom is 0.218 e. The molecule has 1 nitrogen and oxygen atoms in total. The van der Waals surface area contributed by atoms with E-state index in [1.165, 1.54) is 108 Å². The Morgan fingerprint density at radius 1 is 0.571 bits per heavy atom. The Labute approximate surface area is 177 Å². The van der Waals surface area contributed by atoms with E-state index < -0.39 is 8.32 Å². The van der Waals surface area contributed by atoms with Crippen molar-refractivity contribution in [3.05, 3.63) is 30.3 Å². The Balaban J connectivity index is 1.81. The van der Waals surface area contributed by atoms with E-state index in [4.69, 9.17) is 4.43 Å². The van der Waals surface area contributed by atoms with Crippen LogP contribution in [0.5, 0.6) is 0 Å². The van der Waals surface area contributed by atoms with Crippen molar-refractivity contribution >= 4 is 13.5 Å². The zero-order valence-electron chi connectivity index (χ0n) is 19.3. The summed E-state index contributed by atoms with van der Waals surface area (Å²) in [6, 6.07) is 10.8. The molecule has 0 aromatic heterocycles. The van der Waals surface area contributed by atoms with Crippen LogP contribution in [-0.4, -0.2) is 14.9 Å². The van der Waals surface area contributed by atoms with Crippen molar-refractivity contribution < 1.29 is 4.43 Å². The Morgan fingerprint density at radius 2 is 0.964 bits per heavy atom. The first-order valence-corrected chi connectivity index (χ1v) is 15.3. The Hall–Kier alpha value is -0.603. The molecule has 0 unspecified atom stereocenters. The van der Waals surface area contributed by atoms with E-state index in [1.54, 1.807) is 0 Å². The van der Waals surface area contributed by atoms with Gasteiger partial charge in [0.05, 0.1) is 0 Å². The summed E-state index contributed by atoms with van der Waals surface area (Å²) in [6.45, 7) is 7.86. The Bertz CT molecular complexity index is 443. The van der Waals surface area contributed by atoms with Gasteiger partial charge in [-0.05, 0) is 24.7 Å². The minimum absolute atomic E-state index is 0.937. The van der Waals surface area contributed by atoms with Crippen LogP contribution in [0.1, 0.15) is 110 Å². The van der Waals surface area contributed by atoms with Gasteiger partial charge < -0.3 is 4.43 Å². The van der Waals surface area contributed by atoms with Crippen molar-refractivity contribution in [2.75, 3.05) is 6.61 Å². The van der Waals surface area contributed by atoms with E-state index in [0.29, 0.717) is 0 Å². The molecule has 1 rings (SSSR count). The normalized spacial score (nSPS) is 11.8. The van der Waals surface area contributed by atoms with Gasteiger partial charge in [-0.25, -0.2) is 0 Å². The molecule has 0 bridgehead atoms. The van der Waals surface area contributed by atoms with E-state index >= 15 is 0 Å². The van der Waals surface area contributed by atoms with Gasteiger partial charge in [0.15, 0.2) is 0 Å². The zero-order valence-corrected chi connectivity index (χ0v) is 20.3. The first kappa shape index (κ1) is 25.4. The van der Waals surface area contributed by atoms with Crippen LogP contribution in [0.3, 0.4) is 0 Å². The zero-order chi connectivity index (χ0) is 20.3. The lowest BCUT2D eigenvalue weighted by atomic mass is 10.0. The lowest BCUT2D eigenvalue weighted by Crippen LogP contribution is -2.44. The topological polar surface area (TPSA) is 9.23 Å². The van der Waals surface area contributed by atoms with Crippen LogP contribution in [0.25, 0.3) is 0 Å². The fourth-order valence-electron chi connectivity index (χ4n) is 3.90.